The Labute approximate surface area is 180 Å². The highest BCUT2D eigenvalue weighted by Crippen LogP contribution is 2.26. The van der Waals surface area contributed by atoms with Crippen molar-refractivity contribution in [1.82, 2.24) is 15.1 Å². The van der Waals surface area contributed by atoms with Gasteiger partial charge in [-0.15, -0.1) is 0 Å². The van der Waals surface area contributed by atoms with E-state index in [0.717, 1.165) is 48.7 Å². The molecule has 6 nitrogen and oxygen atoms in total. The highest BCUT2D eigenvalue weighted by Gasteiger charge is 2.22. The Morgan fingerprint density at radius 1 is 1.20 bits per heavy atom. The molecule has 0 aliphatic heterocycles. The molecule has 1 aromatic heterocycles. The number of carbonyl (C=O) groups is 2. The molecule has 1 saturated carbocycles. The fourth-order valence-corrected chi connectivity index (χ4v) is 4.24. The standard InChI is InChI=1S/C23H25ClN4O2/c1-2-28-21-9-5-8-20(18(21)14-26-28)27-23(30)17-12-15(10-11-19(17)24)13-25-22(29)16-6-3-4-7-16/h5,8-12,14,16H,2-4,6-7,13H2,1H3,(H,25,29)(H,27,30). The number of rotatable bonds is 6. The number of carbonyl (C=O) groups excluding carboxylic acids is 2. The zero-order chi connectivity index (χ0) is 21.1. The minimum absolute atomic E-state index is 0.0908. The maximum Gasteiger partial charge on any atom is 0.257 e. The van der Waals surface area contributed by atoms with Crippen molar-refractivity contribution in [3.63, 3.8) is 0 Å². The molecule has 1 aliphatic carbocycles. The molecule has 2 amide bonds. The van der Waals surface area contributed by atoms with Gasteiger partial charge in [-0.05, 0) is 49.6 Å². The van der Waals surface area contributed by atoms with Crippen LogP contribution >= 0.6 is 11.6 Å². The van der Waals surface area contributed by atoms with E-state index in [1.165, 1.54) is 0 Å². The Morgan fingerprint density at radius 3 is 2.77 bits per heavy atom. The first kappa shape index (κ1) is 20.4. The van der Waals surface area contributed by atoms with Crippen molar-refractivity contribution in [2.45, 2.75) is 45.7 Å². The summed E-state index contributed by atoms with van der Waals surface area (Å²) in [6.45, 7) is 3.15. The zero-order valence-corrected chi connectivity index (χ0v) is 17.7. The lowest BCUT2D eigenvalue weighted by Crippen LogP contribution is -2.28. The van der Waals surface area contributed by atoms with E-state index in [9.17, 15) is 9.59 Å². The van der Waals surface area contributed by atoms with Crippen LogP contribution in [0, 0.1) is 5.92 Å². The molecule has 7 heteroatoms. The van der Waals surface area contributed by atoms with E-state index < -0.39 is 0 Å². The summed E-state index contributed by atoms with van der Waals surface area (Å²) in [5, 5.41) is 11.5. The van der Waals surface area contributed by atoms with Gasteiger partial charge in [-0.2, -0.15) is 5.10 Å². The molecular weight excluding hydrogens is 400 g/mol. The fraction of sp³-hybridized carbons (Fsp3) is 0.348. The average Bonchev–Trinajstić information content (AvgIpc) is 3.43. The van der Waals surface area contributed by atoms with Crippen molar-refractivity contribution in [2.24, 2.45) is 5.92 Å². The number of halogens is 1. The van der Waals surface area contributed by atoms with E-state index in [1.54, 1.807) is 18.3 Å². The minimum atomic E-state index is -0.291. The van der Waals surface area contributed by atoms with Gasteiger partial charge in [0.2, 0.25) is 5.91 Å². The number of nitrogens with one attached hydrogen (secondary N) is 2. The molecule has 4 rings (SSSR count). The summed E-state index contributed by atoms with van der Waals surface area (Å²) in [6, 6.07) is 11.0. The quantitative estimate of drug-likeness (QED) is 0.598. The second-order valence-corrected chi connectivity index (χ2v) is 8.07. The van der Waals surface area contributed by atoms with E-state index in [4.69, 9.17) is 11.6 Å². The first-order valence-electron chi connectivity index (χ1n) is 10.4. The Bertz CT molecular complexity index is 1090. The summed E-state index contributed by atoms with van der Waals surface area (Å²) in [6.07, 6.45) is 5.91. The molecule has 0 radical (unpaired) electrons. The summed E-state index contributed by atoms with van der Waals surface area (Å²) in [5.41, 5.74) is 2.87. The van der Waals surface area contributed by atoms with Crippen molar-refractivity contribution in [1.29, 1.82) is 0 Å². The Kier molecular flexibility index (Phi) is 6.04. The number of benzene rings is 2. The maximum absolute atomic E-state index is 12.9. The number of anilines is 1. The van der Waals surface area contributed by atoms with Crippen molar-refractivity contribution >= 4 is 40.0 Å². The van der Waals surface area contributed by atoms with Crippen LogP contribution in [-0.2, 0) is 17.9 Å². The van der Waals surface area contributed by atoms with Gasteiger partial charge < -0.3 is 10.6 Å². The summed E-state index contributed by atoms with van der Waals surface area (Å²) in [4.78, 5) is 25.2. The molecule has 0 unspecified atom stereocenters. The van der Waals surface area contributed by atoms with Gasteiger partial charge in [0.25, 0.3) is 5.91 Å². The summed E-state index contributed by atoms with van der Waals surface area (Å²) in [7, 11) is 0. The fourth-order valence-electron chi connectivity index (χ4n) is 4.03. The van der Waals surface area contributed by atoms with Crippen LogP contribution in [0.25, 0.3) is 10.9 Å². The molecule has 30 heavy (non-hydrogen) atoms. The van der Waals surface area contributed by atoms with E-state index in [2.05, 4.69) is 15.7 Å². The van der Waals surface area contributed by atoms with E-state index in [0.29, 0.717) is 22.8 Å². The lowest BCUT2D eigenvalue weighted by Gasteiger charge is -2.12. The third-order valence-corrected chi connectivity index (χ3v) is 6.03. The summed E-state index contributed by atoms with van der Waals surface area (Å²) >= 11 is 6.30. The molecule has 0 saturated heterocycles. The van der Waals surface area contributed by atoms with Gasteiger partial charge in [0.1, 0.15) is 0 Å². The van der Waals surface area contributed by atoms with Crippen LogP contribution in [0.15, 0.2) is 42.6 Å². The second kappa shape index (κ2) is 8.88. The first-order chi connectivity index (χ1) is 14.6. The Morgan fingerprint density at radius 2 is 2.00 bits per heavy atom. The van der Waals surface area contributed by atoms with Gasteiger partial charge in [0.05, 0.1) is 28.0 Å². The first-order valence-corrected chi connectivity index (χ1v) is 10.8. The lowest BCUT2D eigenvalue weighted by atomic mass is 10.1. The maximum atomic E-state index is 12.9. The van der Waals surface area contributed by atoms with Crippen molar-refractivity contribution in [3.05, 3.63) is 58.7 Å². The molecule has 0 bridgehead atoms. The summed E-state index contributed by atoms with van der Waals surface area (Å²) < 4.78 is 1.88. The molecule has 3 aromatic rings. The third kappa shape index (κ3) is 4.19. The Hall–Kier alpha value is -2.86. The smallest absolute Gasteiger partial charge is 0.257 e. The van der Waals surface area contributed by atoms with Crippen LogP contribution in [0.5, 0.6) is 0 Å². The molecule has 1 fully saturated rings. The SMILES string of the molecule is CCn1ncc2c(NC(=O)c3cc(CNC(=O)C4CCCC4)ccc3Cl)cccc21. The summed E-state index contributed by atoms with van der Waals surface area (Å²) in [5.74, 6) is -0.0848. The van der Waals surface area contributed by atoms with Crippen LogP contribution in [0.2, 0.25) is 5.02 Å². The number of aryl methyl sites for hydroxylation is 1. The molecule has 1 heterocycles. The number of hydrogen-bond donors (Lipinski definition) is 2. The van der Waals surface area contributed by atoms with Gasteiger partial charge >= 0.3 is 0 Å². The van der Waals surface area contributed by atoms with Crippen LogP contribution in [0.4, 0.5) is 5.69 Å². The predicted octanol–water partition coefficient (Wildman–Crippen LogP) is 4.77. The van der Waals surface area contributed by atoms with Crippen LogP contribution in [0.1, 0.15) is 48.5 Å². The van der Waals surface area contributed by atoms with Crippen LogP contribution in [0.3, 0.4) is 0 Å². The van der Waals surface area contributed by atoms with Gasteiger partial charge in [-0.25, -0.2) is 0 Å². The number of fused-ring (bicyclic) bond motifs is 1. The molecular formula is C23H25ClN4O2. The van der Waals surface area contributed by atoms with Crippen LogP contribution in [-0.4, -0.2) is 21.6 Å². The molecule has 0 atom stereocenters. The number of aromatic nitrogens is 2. The van der Waals surface area contributed by atoms with Crippen molar-refractivity contribution in [3.8, 4) is 0 Å². The van der Waals surface area contributed by atoms with Gasteiger partial charge in [0.15, 0.2) is 0 Å². The Balaban J connectivity index is 1.49. The van der Waals surface area contributed by atoms with Gasteiger partial charge in [-0.1, -0.05) is 36.6 Å². The van der Waals surface area contributed by atoms with E-state index >= 15 is 0 Å². The average molecular weight is 425 g/mol. The monoisotopic (exact) mass is 424 g/mol. The van der Waals surface area contributed by atoms with Gasteiger partial charge in [-0.3, -0.25) is 14.3 Å². The normalized spacial score (nSPS) is 14.2. The molecule has 0 spiro atoms. The van der Waals surface area contributed by atoms with E-state index in [-0.39, 0.29) is 17.7 Å². The lowest BCUT2D eigenvalue weighted by molar-refractivity contribution is -0.124. The zero-order valence-electron chi connectivity index (χ0n) is 17.0. The predicted molar refractivity (Wildman–Crippen MR) is 119 cm³/mol. The molecule has 1 aliphatic rings. The number of nitrogens with zero attached hydrogens (tertiary/aromatic N) is 2. The topological polar surface area (TPSA) is 76.0 Å². The highest BCUT2D eigenvalue weighted by molar-refractivity contribution is 6.34. The molecule has 156 valence electrons. The van der Waals surface area contributed by atoms with Crippen molar-refractivity contribution in [2.75, 3.05) is 5.32 Å². The molecule has 2 aromatic carbocycles. The number of amides is 2. The number of hydrogen-bond acceptors (Lipinski definition) is 3. The third-order valence-electron chi connectivity index (χ3n) is 5.70. The van der Waals surface area contributed by atoms with Gasteiger partial charge in [0, 0.05) is 24.4 Å². The largest absolute Gasteiger partial charge is 0.352 e. The molecule has 2 N–H and O–H groups in total. The van der Waals surface area contributed by atoms with Crippen LogP contribution < -0.4 is 10.6 Å². The minimum Gasteiger partial charge on any atom is -0.352 e. The highest BCUT2D eigenvalue weighted by atomic mass is 35.5. The second-order valence-electron chi connectivity index (χ2n) is 7.67. The van der Waals surface area contributed by atoms with Crippen molar-refractivity contribution < 1.29 is 9.59 Å². The van der Waals surface area contributed by atoms with E-state index in [1.807, 2.05) is 35.9 Å².